The minimum atomic E-state index is -1.07. The van der Waals surface area contributed by atoms with Gasteiger partial charge in [0.25, 0.3) is 0 Å². The molecule has 0 radical (unpaired) electrons. The van der Waals surface area contributed by atoms with Crippen LogP contribution in [-0.2, 0) is 4.79 Å². The Hall–Kier alpha value is -2.62. The first-order chi connectivity index (χ1) is 9.99. The summed E-state index contributed by atoms with van der Waals surface area (Å²) in [6.07, 6.45) is 2.40. The third-order valence-corrected chi connectivity index (χ3v) is 3.23. The molecule has 0 saturated heterocycles. The van der Waals surface area contributed by atoms with E-state index in [1.165, 1.54) is 18.2 Å². The number of hydrogen-bond acceptors (Lipinski definition) is 2. The Balaban J connectivity index is 2.48. The molecule has 108 valence electrons. The number of halogens is 1. The number of hydrogen-bond donors (Lipinski definition) is 1. The van der Waals surface area contributed by atoms with E-state index in [-0.39, 0.29) is 0 Å². The number of anilines is 2. The molecule has 0 amide bonds. The van der Waals surface area contributed by atoms with Gasteiger partial charge < -0.3 is 10.0 Å². The fraction of sp³-hybridized carbons (Fsp3) is 0.118. The molecular weight excluding hydrogens is 269 g/mol. The third kappa shape index (κ3) is 3.48. The van der Waals surface area contributed by atoms with Gasteiger partial charge in [0.2, 0.25) is 0 Å². The van der Waals surface area contributed by atoms with Gasteiger partial charge in [-0.2, -0.15) is 0 Å². The van der Waals surface area contributed by atoms with Crippen molar-refractivity contribution in [2.75, 3.05) is 11.9 Å². The summed E-state index contributed by atoms with van der Waals surface area (Å²) in [6.45, 7) is 1.99. The maximum atomic E-state index is 13.4. The molecule has 1 N–H and O–H groups in total. The van der Waals surface area contributed by atoms with E-state index in [0.717, 1.165) is 23.0 Å². The number of aliphatic carboxylic acids is 1. The highest BCUT2D eigenvalue weighted by molar-refractivity contribution is 5.87. The van der Waals surface area contributed by atoms with E-state index < -0.39 is 11.8 Å². The molecule has 21 heavy (non-hydrogen) atoms. The Morgan fingerprint density at radius 1 is 1.19 bits per heavy atom. The highest BCUT2D eigenvalue weighted by Crippen LogP contribution is 2.30. The highest BCUT2D eigenvalue weighted by Gasteiger charge is 2.10. The first kappa shape index (κ1) is 14.8. The summed E-state index contributed by atoms with van der Waals surface area (Å²) in [5.41, 5.74) is 3.32. The first-order valence-electron chi connectivity index (χ1n) is 6.49. The lowest BCUT2D eigenvalue weighted by Crippen LogP contribution is -2.12. The minimum absolute atomic E-state index is 0.401. The number of para-hydroxylation sites is 1. The molecule has 0 aliphatic rings. The van der Waals surface area contributed by atoms with Gasteiger partial charge in [-0.1, -0.05) is 18.2 Å². The summed E-state index contributed by atoms with van der Waals surface area (Å²) in [5.74, 6) is -1.47. The second kappa shape index (κ2) is 6.22. The zero-order valence-corrected chi connectivity index (χ0v) is 11.9. The number of rotatable bonds is 4. The molecule has 0 aliphatic carbocycles. The maximum Gasteiger partial charge on any atom is 0.328 e. The standard InChI is InChI=1S/C17H16FNO2/c1-12-5-3-4-6-15(12)19(2)16-9-8-14(18)11-13(16)7-10-17(20)21/h3-11H,1-2H3,(H,20,21). The van der Waals surface area contributed by atoms with Crippen molar-refractivity contribution in [2.24, 2.45) is 0 Å². The van der Waals surface area contributed by atoms with E-state index in [1.54, 1.807) is 6.07 Å². The molecular formula is C17H16FNO2. The van der Waals surface area contributed by atoms with Crippen LogP contribution in [0.3, 0.4) is 0 Å². The fourth-order valence-corrected chi connectivity index (χ4v) is 2.19. The SMILES string of the molecule is Cc1ccccc1N(C)c1ccc(F)cc1C=CC(=O)O. The van der Waals surface area contributed by atoms with Crippen LogP contribution in [0.15, 0.2) is 48.5 Å². The van der Waals surface area contributed by atoms with Gasteiger partial charge in [-0.15, -0.1) is 0 Å². The average molecular weight is 285 g/mol. The lowest BCUT2D eigenvalue weighted by Gasteiger charge is -2.23. The van der Waals surface area contributed by atoms with Crippen molar-refractivity contribution in [2.45, 2.75) is 6.92 Å². The van der Waals surface area contributed by atoms with E-state index in [0.29, 0.717) is 5.56 Å². The molecule has 2 aromatic carbocycles. The maximum absolute atomic E-state index is 13.4. The summed E-state index contributed by atoms with van der Waals surface area (Å²) >= 11 is 0. The Morgan fingerprint density at radius 2 is 1.90 bits per heavy atom. The monoisotopic (exact) mass is 285 g/mol. The lowest BCUT2D eigenvalue weighted by atomic mass is 10.1. The summed E-state index contributed by atoms with van der Waals surface area (Å²) in [5, 5.41) is 8.74. The van der Waals surface area contributed by atoms with Gasteiger partial charge in [-0.3, -0.25) is 0 Å². The summed E-state index contributed by atoms with van der Waals surface area (Å²) in [6, 6.07) is 12.2. The molecule has 2 rings (SSSR count). The summed E-state index contributed by atoms with van der Waals surface area (Å²) < 4.78 is 13.4. The number of carboxylic acids is 1. The van der Waals surface area contributed by atoms with E-state index in [4.69, 9.17) is 5.11 Å². The van der Waals surface area contributed by atoms with Gasteiger partial charge in [-0.05, 0) is 42.8 Å². The molecule has 0 atom stereocenters. The third-order valence-electron chi connectivity index (χ3n) is 3.23. The molecule has 0 heterocycles. The number of nitrogens with zero attached hydrogens (tertiary/aromatic N) is 1. The normalized spacial score (nSPS) is 10.8. The number of carbonyl (C=O) groups is 1. The topological polar surface area (TPSA) is 40.5 Å². The van der Waals surface area contributed by atoms with E-state index >= 15 is 0 Å². The van der Waals surface area contributed by atoms with Crippen LogP contribution in [0.25, 0.3) is 6.08 Å². The van der Waals surface area contributed by atoms with E-state index in [9.17, 15) is 9.18 Å². The van der Waals surface area contributed by atoms with Crippen LogP contribution >= 0.6 is 0 Å². The zero-order valence-electron chi connectivity index (χ0n) is 11.9. The Morgan fingerprint density at radius 3 is 2.57 bits per heavy atom. The Bertz CT molecular complexity index is 695. The van der Waals surface area contributed by atoms with Crippen LogP contribution < -0.4 is 4.90 Å². The molecule has 0 unspecified atom stereocenters. The van der Waals surface area contributed by atoms with Crippen molar-refractivity contribution in [3.05, 3.63) is 65.5 Å². The van der Waals surface area contributed by atoms with Crippen LogP contribution in [0.4, 0.5) is 15.8 Å². The van der Waals surface area contributed by atoms with Gasteiger partial charge in [0.15, 0.2) is 0 Å². The van der Waals surface area contributed by atoms with Gasteiger partial charge in [0.05, 0.1) is 0 Å². The van der Waals surface area contributed by atoms with Crippen molar-refractivity contribution < 1.29 is 14.3 Å². The number of benzene rings is 2. The molecule has 0 aromatic heterocycles. The summed E-state index contributed by atoms with van der Waals surface area (Å²) in [4.78, 5) is 12.6. The van der Waals surface area contributed by atoms with Crippen molar-refractivity contribution >= 4 is 23.4 Å². The first-order valence-corrected chi connectivity index (χ1v) is 6.49. The van der Waals surface area contributed by atoms with Gasteiger partial charge in [0.1, 0.15) is 5.82 Å². The van der Waals surface area contributed by atoms with Crippen LogP contribution in [0, 0.1) is 12.7 Å². The lowest BCUT2D eigenvalue weighted by molar-refractivity contribution is -0.131. The molecule has 3 nitrogen and oxygen atoms in total. The van der Waals surface area contributed by atoms with E-state index in [1.807, 2.05) is 43.1 Å². The van der Waals surface area contributed by atoms with Crippen molar-refractivity contribution in [1.29, 1.82) is 0 Å². The smallest absolute Gasteiger partial charge is 0.328 e. The molecule has 2 aromatic rings. The van der Waals surface area contributed by atoms with Crippen LogP contribution in [0.1, 0.15) is 11.1 Å². The number of aryl methyl sites for hydroxylation is 1. The largest absolute Gasteiger partial charge is 0.478 e. The van der Waals surface area contributed by atoms with Crippen molar-refractivity contribution in [1.82, 2.24) is 0 Å². The molecule has 4 heteroatoms. The zero-order chi connectivity index (χ0) is 15.4. The average Bonchev–Trinajstić information content (AvgIpc) is 2.45. The fourth-order valence-electron chi connectivity index (χ4n) is 2.19. The van der Waals surface area contributed by atoms with Crippen molar-refractivity contribution in [3.63, 3.8) is 0 Å². The minimum Gasteiger partial charge on any atom is -0.478 e. The highest BCUT2D eigenvalue weighted by atomic mass is 19.1. The predicted octanol–water partition coefficient (Wildman–Crippen LogP) is 4.00. The van der Waals surface area contributed by atoms with Gasteiger partial charge in [-0.25, -0.2) is 9.18 Å². The molecule has 0 bridgehead atoms. The predicted molar refractivity (Wildman–Crippen MR) is 82.3 cm³/mol. The van der Waals surface area contributed by atoms with Crippen LogP contribution in [0.5, 0.6) is 0 Å². The molecule has 0 aliphatic heterocycles. The number of carboxylic acid groups (broad SMARTS) is 1. The van der Waals surface area contributed by atoms with Crippen LogP contribution in [-0.4, -0.2) is 18.1 Å². The second-order valence-corrected chi connectivity index (χ2v) is 4.72. The van der Waals surface area contributed by atoms with Gasteiger partial charge in [0, 0.05) is 30.1 Å². The Kier molecular flexibility index (Phi) is 4.38. The quantitative estimate of drug-likeness (QED) is 0.863. The summed E-state index contributed by atoms with van der Waals surface area (Å²) in [7, 11) is 1.87. The van der Waals surface area contributed by atoms with Gasteiger partial charge >= 0.3 is 5.97 Å². The van der Waals surface area contributed by atoms with Crippen molar-refractivity contribution in [3.8, 4) is 0 Å². The van der Waals surface area contributed by atoms with E-state index in [2.05, 4.69) is 0 Å². The second-order valence-electron chi connectivity index (χ2n) is 4.72. The van der Waals surface area contributed by atoms with Crippen LogP contribution in [0.2, 0.25) is 0 Å². The molecule has 0 spiro atoms. The molecule has 0 saturated carbocycles. The Labute approximate surface area is 123 Å². The molecule has 0 fully saturated rings.